The lowest BCUT2D eigenvalue weighted by Crippen LogP contribution is -2.35. The summed E-state index contributed by atoms with van der Waals surface area (Å²) in [6.07, 6.45) is -3.56. The highest BCUT2D eigenvalue weighted by molar-refractivity contribution is 5.55. The summed E-state index contributed by atoms with van der Waals surface area (Å²) < 4.78 is 52.2. The van der Waals surface area contributed by atoms with E-state index in [1.807, 2.05) is 6.07 Å². The molecule has 0 aliphatic carbocycles. The van der Waals surface area contributed by atoms with Crippen LogP contribution in [0.3, 0.4) is 0 Å². The smallest absolute Gasteiger partial charge is 0.410 e. The second-order valence-corrected chi connectivity index (χ2v) is 5.86. The van der Waals surface area contributed by atoms with Gasteiger partial charge in [-0.05, 0) is 17.7 Å². The highest BCUT2D eigenvalue weighted by Crippen LogP contribution is 2.45. The van der Waals surface area contributed by atoms with Crippen LogP contribution in [0.2, 0.25) is 0 Å². The molecule has 4 rings (SSSR count). The Morgan fingerprint density at radius 2 is 2.00 bits per heavy atom. The van der Waals surface area contributed by atoms with Gasteiger partial charge in [-0.2, -0.15) is 23.5 Å². The Labute approximate surface area is 140 Å². The van der Waals surface area contributed by atoms with Gasteiger partial charge in [-0.3, -0.25) is 0 Å². The van der Waals surface area contributed by atoms with Crippen LogP contribution in [0.15, 0.2) is 24.4 Å². The molecule has 25 heavy (non-hydrogen) atoms. The molecule has 1 aromatic carbocycles. The summed E-state index contributed by atoms with van der Waals surface area (Å²) in [6.45, 7) is 0.833. The average molecular weight is 350 g/mol. The van der Waals surface area contributed by atoms with Crippen molar-refractivity contribution in [3.05, 3.63) is 35.5 Å². The summed E-state index contributed by atoms with van der Waals surface area (Å²) in [7, 11) is 0. The molecule has 1 N–H and O–H groups in total. The van der Waals surface area contributed by atoms with Crippen molar-refractivity contribution >= 4 is 5.82 Å². The molecule has 0 spiro atoms. The van der Waals surface area contributed by atoms with Crippen LogP contribution in [0.1, 0.15) is 29.6 Å². The first-order valence-corrected chi connectivity index (χ1v) is 7.68. The predicted octanol–water partition coefficient (Wildman–Crippen LogP) is 3.19. The summed E-state index contributed by atoms with van der Waals surface area (Å²) in [6, 6.07) is 4.51. The molecular weight excluding hydrogens is 337 g/mol. The summed E-state index contributed by atoms with van der Waals surface area (Å²) in [5.41, 5.74) is 0.714. The minimum Gasteiger partial charge on any atom is -0.486 e. The van der Waals surface area contributed by atoms with E-state index in [0.29, 0.717) is 30.3 Å². The Hall–Kier alpha value is -2.89. The van der Waals surface area contributed by atoms with Gasteiger partial charge in [0, 0.05) is 6.42 Å². The van der Waals surface area contributed by atoms with Crippen molar-refractivity contribution in [1.82, 2.24) is 9.78 Å². The highest BCUT2D eigenvalue weighted by atomic mass is 19.4. The standard InChI is InChI=1S/C16H13F3N4O2/c17-16(18,19)14-6-11(22-15-10(7-20)8-21-23(14)15)9-1-2-12-13(5-9)25-4-3-24-12/h1-2,5,8,11,14,22H,3-4,6H2. The quantitative estimate of drug-likeness (QED) is 0.855. The van der Waals surface area contributed by atoms with Gasteiger partial charge in [0.2, 0.25) is 0 Å². The van der Waals surface area contributed by atoms with Crippen molar-refractivity contribution in [2.45, 2.75) is 24.7 Å². The number of nitrogens with one attached hydrogen (secondary N) is 1. The second kappa shape index (κ2) is 5.58. The summed E-state index contributed by atoms with van der Waals surface area (Å²) in [4.78, 5) is 0. The average Bonchev–Trinajstić information content (AvgIpc) is 3.02. The molecule has 0 saturated heterocycles. The summed E-state index contributed by atoms with van der Waals surface area (Å²) in [5, 5.41) is 15.9. The number of halogens is 3. The molecule has 9 heteroatoms. The molecule has 0 radical (unpaired) electrons. The zero-order valence-electron chi connectivity index (χ0n) is 12.9. The van der Waals surface area contributed by atoms with E-state index < -0.39 is 18.3 Å². The van der Waals surface area contributed by atoms with Crippen LogP contribution in [0.4, 0.5) is 19.0 Å². The van der Waals surface area contributed by atoms with Crippen LogP contribution in [0.25, 0.3) is 0 Å². The molecular formula is C16H13F3N4O2. The molecule has 0 fully saturated rings. The zero-order valence-corrected chi connectivity index (χ0v) is 12.9. The fourth-order valence-electron chi connectivity index (χ4n) is 3.14. The van der Waals surface area contributed by atoms with E-state index in [1.54, 1.807) is 18.2 Å². The van der Waals surface area contributed by atoms with Gasteiger partial charge in [0.05, 0.1) is 12.2 Å². The normalized spacial score (nSPS) is 21.8. The number of hydrogen-bond acceptors (Lipinski definition) is 5. The lowest BCUT2D eigenvalue weighted by Gasteiger charge is -2.34. The largest absolute Gasteiger partial charge is 0.486 e. The van der Waals surface area contributed by atoms with Gasteiger partial charge in [-0.25, -0.2) is 4.68 Å². The maximum Gasteiger partial charge on any atom is 0.410 e. The molecule has 0 amide bonds. The Kier molecular flexibility index (Phi) is 3.49. The molecule has 1 aromatic heterocycles. The first-order chi connectivity index (χ1) is 12.0. The monoisotopic (exact) mass is 350 g/mol. The summed E-state index contributed by atoms with van der Waals surface area (Å²) in [5.74, 6) is 1.16. The van der Waals surface area contributed by atoms with Gasteiger partial charge in [0.1, 0.15) is 30.7 Å². The maximum atomic E-state index is 13.5. The number of benzene rings is 1. The minimum absolute atomic E-state index is 0.0796. The Morgan fingerprint density at radius 3 is 2.72 bits per heavy atom. The van der Waals surface area contributed by atoms with E-state index in [9.17, 15) is 13.2 Å². The van der Waals surface area contributed by atoms with Crippen LogP contribution in [-0.2, 0) is 0 Å². The SMILES string of the molecule is N#Cc1cnn2c1NC(c1ccc3c(c1)OCCO3)CC2C(F)(F)F. The van der Waals surface area contributed by atoms with Crippen molar-refractivity contribution in [2.24, 2.45) is 0 Å². The van der Waals surface area contributed by atoms with Gasteiger partial charge in [0.15, 0.2) is 17.5 Å². The molecule has 130 valence electrons. The van der Waals surface area contributed by atoms with Crippen LogP contribution in [-0.4, -0.2) is 29.2 Å². The van der Waals surface area contributed by atoms with Crippen LogP contribution < -0.4 is 14.8 Å². The number of anilines is 1. The fraction of sp³-hybridized carbons (Fsp3) is 0.375. The van der Waals surface area contributed by atoms with Crippen molar-refractivity contribution in [2.75, 3.05) is 18.5 Å². The third-order valence-corrected chi connectivity index (χ3v) is 4.33. The van der Waals surface area contributed by atoms with Crippen molar-refractivity contribution < 1.29 is 22.6 Å². The third kappa shape index (κ3) is 2.63. The van der Waals surface area contributed by atoms with Crippen LogP contribution in [0.5, 0.6) is 11.5 Å². The van der Waals surface area contributed by atoms with Crippen LogP contribution in [0, 0.1) is 11.3 Å². The maximum absolute atomic E-state index is 13.5. The van der Waals surface area contributed by atoms with E-state index in [4.69, 9.17) is 14.7 Å². The minimum atomic E-state index is -4.47. The fourth-order valence-corrected chi connectivity index (χ4v) is 3.14. The highest BCUT2D eigenvalue weighted by Gasteiger charge is 2.47. The first kappa shape index (κ1) is 15.6. The number of fused-ring (bicyclic) bond motifs is 2. The van der Waals surface area contributed by atoms with E-state index in [1.165, 1.54) is 0 Å². The third-order valence-electron chi connectivity index (χ3n) is 4.33. The first-order valence-electron chi connectivity index (χ1n) is 7.68. The number of nitrogens with zero attached hydrogens (tertiary/aromatic N) is 3. The van der Waals surface area contributed by atoms with Gasteiger partial charge in [-0.15, -0.1) is 0 Å². The van der Waals surface area contributed by atoms with Crippen molar-refractivity contribution in [3.8, 4) is 17.6 Å². The van der Waals surface area contributed by atoms with E-state index in [-0.39, 0.29) is 17.8 Å². The Balaban J connectivity index is 1.73. The van der Waals surface area contributed by atoms with E-state index in [0.717, 1.165) is 10.9 Å². The molecule has 2 aliphatic rings. The second-order valence-electron chi connectivity index (χ2n) is 5.86. The molecule has 2 unspecified atom stereocenters. The van der Waals surface area contributed by atoms with E-state index >= 15 is 0 Å². The van der Waals surface area contributed by atoms with Gasteiger partial charge >= 0.3 is 6.18 Å². The molecule has 0 saturated carbocycles. The number of aromatic nitrogens is 2. The van der Waals surface area contributed by atoms with Crippen LogP contribution >= 0.6 is 0 Å². The number of rotatable bonds is 1. The lowest BCUT2D eigenvalue weighted by atomic mass is 9.96. The molecule has 2 aliphatic heterocycles. The molecule has 0 bridgehead atoms. The van der Waals surface area contributed by atoms with E-state index in [2.05, 4.69) is 10.4 Å². The number of hydrogen-bond donors (Lipinski definition) is 1. The molecule has 2 aromatic rings. The van der Waals surface area contributed by atoms with Gasteiger partial charge in [0.25, 0.3) is 0 Å². The lowest BCUT2D eigenvalue weighted by molar-refractivity contribution is -0.173. The van der Waals surface area contributed by atoms with Crippen molar-refractivity contribution in [1.29, 1.82) is 5.26 Å². The molecule has 3 heterocycles. The summed E-state index contributed by atoms with van der Waals surface area (Å²) >= 11 is 0. The topological polar surface area (TPSA) is 72.1 Å². The Bertz CT molecular complexity index is 856. The van der Waals surface area contributed by atoms with Gasteiger partial charge in [-0.1, -0.05) is 6.07 Å². The number of nitriles is 1. The molecule has 2 atom stereocenters. The Morgan fingerprint density at radius 1 is 1.24 bits per heavy atom. The molecule has 6 nitrogen and oxygen atoms in total. The predicted molar refractivity (Wildman–Crippen MR) is 80.4 cm³/mol. The zero-order chi connectivity index (χ0) is 17.6. The number of alkyl halides is 3. The van der Waals surface area contributed by atoms with Gasteiger partial charge < -0.3 is 14.8 Å². The number of ether oxygens (including phenoxy) is 2. The van der Waals surface area contributed by atoms with Crippen molar-refractivity contribution in [3.63, 3.8) is 0 Å².